The number of aliphatic carboxylic acids is 1. The quantitative estimate of drug-likeness (QED) is 0.517. The summed E-state index contributed by atoms with van der Waals surface area (Å²) in [5.74, 6) is -1.22. The first-order valence-corrected chi connectivity index (χ1v) is 8.16. The maximum Gasteiger partial charge on any atom is 0.328 e. The van der Waals surface area contributed by atoms with Crippen molar-refractivity contribution < 1.29 is 23.4 Å². The van der Waals surface area contributed by atoms with Crippen LogP contribution in [0.3, 0.4) is 0 Å². The van der Waals surface area contributed by atoms with Gasteiger partial charge in [-0.3, -0.25) is 0 Å². The second-order valence-electron chi connectivity index (χ2n) is 5.69. The van der Waals surface area contributed by atoms with Gasteiger partial charge in [0.25, 0.3) is 5.71 Å². The number of ether oxygens (including phenoxy) is 1. The largest absolute Gasteiger partial charge is 0.478 e. The molecule has 0 saturated heterocycles. The van der Waals surface area contributed by atoms with Crippen molar-refractivity contribution >= 4 is 23.3 Å². The fourth-order valence-electron chi connectivity index (χ4n) is 2.42. The number of hydrogen-bond donors (Lipinski definition) is 1. The van der Waals surface area contributed by atoms with E-state index in [1.165, 1.54) is 24.4 Å². The van der Waals surface area contributed by atoms with Gasteiger partial charge in [0.05, 0.1) is 6.20 Å². The molecule has 0 fully saturated rings. The van der Waals surface area contributed by atoms with Crippen molar-refractivity contribution in [3.63, 3.8) is 0 Å². The zero-order valence-electron chi connectivity index (χ0n) is 14.2. The van der Waals surface area contributed by atoms with Crippen molar-refractivity contribution in [2.24, 2.45) is 0 Å². The smallest absolute Gasteiger partial charge is 0.328 e. The highest BCUT2D eigenvalue weighted by Gasteiger charge is 2.13. The summed E-state index contributed by atoms with van der Waals surface area (Å²) in [4.78, 5) is 23.0. The van der Waals surface area contributed by atoms with Crippen molar-refractivity contribution in [2.45, 2.75) is 0 Å². The number of benzene rings is 2. The van der Waals surface area contributed by atoms with Crippen molar-refractivity contribution in [3.05, 3.63) is 72.2 Å². The van der Waals surface area contributed by atoms with Crippen molar-refractivity contribution in [3.8, 4) is 23.2 Å². The Bertz CT molecular complexity index is 1190. The Labute approximate surface area is 157 Å². The van der Waals surface area contributed by atoms with Crippen LogP contribution in [0.2, 0.25) is 0 Å². The third-order valence-electron chi connectivity index (χ3n) is 3.74. The number of hydrogen-bond acceptors (Lipinski definition) is 6. The highest BCUT2D eigenvalue weighted by atomic mass is 19.1. The Morgan fingerprint density at radius 3 is 2.64 bits per heavy atom. The molecular formula is C20H12FN3O4. The SMILES string of the molecule is O=C(O)/C=C/c1ccc(-c2nc3cnc(Oc4ccccc4F)nc3o2)cc1. The van der Waals surface area contributed by atoms with Gasteiger partial charge in [-0.05, 0) is 35.9 Å². The lowest BCUT2D eigenvalue weighted by atomic mass is 10.1. The van der Waals surface area contributed by atoms with E-state index >= 15 is 0 Å². The molecule has 7 nitrogen and oxygen atoms in total. The first-order valence-electron chi connectivity index (χ1n) is 8.16. The molecule has 2 aromatic carbocycles. The Morgan fingerprint density at radius 2 is 1.89 bits per heavy atom. The number of para-hydroxylation sites is 1. The Kier molecular flexibility index (Phi) is 4.51. The van der Waals surface area contributed by atoms with Crippen LogP contribution in [0.4, 0.5) is 4.39 Å². The van der Waals surface area contributed by atoms with E-state index in [0.717, 1.165) is 11.6 Å². The maximum absolute atomic E-state index is 13.7. The Balaban J connectivity index is 1.59. The van der Waals surface area contributed by atoms with Crippen LogP contribution in [0.5, 0.6) is 11.8 Å². The minimum atomic E-state index is -1.02. The molecule has 8 heteroatoms. The molecule has 0 saturated carbocycles. The molecule has 0 aliphatic rings. The van der Waals surface area contributed by atoms with Crippen LogP contribution in [0.25, 0.3) is 28.8 Å². The summed E-state index contributed by atoms with van der Waals surface area (Å²) in [7, 11) is 0. The lowest BCUT2D eigenvalue weighted by Gasteiger charge is -2.03. The number of nitrogens with zero attached hydrogens (tertiary/aromatic N) is 3. The maximum atomic E-state index is 13.7. The van der Waals surface area contributed by atoms with E-state index < -0.39 is 11.8 Å². The second-order valence-corrected chi connectivity index (χ2v) is 5.69. The highest BCUT2D eigenvalue weighted by molar-refractivity contribution is 5.85. The molecule has 2 heterocycles. The molecule has 0 radical (unpaired) electrons. The first kappa shape index (κ1) is 17.3. The van der Waals surface area contributed by atoms with Crippen LogP contribution >= 0.6 is 0 Å². The number of aromatic nitrogens is 3. The van der Waals surface area contributed by atoms with Crippen LogP contribution in [0.1, 0.15) is 5.56 Å². The lowest BCUT2D eigenvalue weighted by molar-refractivity contribution is -0.131. The fraction of sp³-hybridized carbons (Fsp3) is 0. The first-order chi connectivity index (χ1) is 13.6. The van der Waals surface area contributed by atoms with Crippen LogP contribution in [-0.2, 0) is 4.79 Å². The van der Waals surface area contributed by atoms with Gasteiger partial charge in [-0.15, -0.1) is 0 Å². The number of fused-ring (bicyclic) bond motifs is 1. The van der Waals surface area contributed by atoms with E-state index in [2.05, 4.69) is 15.0 Å². The van der Waals surface area contributed by atoms with Crippen LogP contribution in [0.15, 0.2) is 65.2 Å². The predicted molar refractivity (Wildman–Crippen MR) is 98.2 cm³/mol. The van der Waals surface area contributed by atoms with Crippen LogP contribution in [-0.4, -0.2) is 26.0 Å². The summed E-state index contributed by atoms with van der Waals surface area (Å²) in [6, 6.07) is 12.8. The molecule has 0 unspecified atom stereocenters. The van der Waals surface area contributed by atoms with Gasteiger partial charge in [0.1, 0.15) is 5.52 Å². The molecule has 138 valence electrons. The van der Waals surface area contributed by atoms with E-state index in [1.807, 2.05) is 0 Å². The van der Waals surface area contributed by atoms with Gasteiger partial charge < -0.3 is 14.3 Å². The minimum Gasteiger partial charge on any atom is -0.478 e. The zero-order chi connectivity index (χ0) is 19.5. The van der Waals surface area contributed by atoms with Crippen molar-refractivity contribution in [2.75, 3.05) is 0 Å². The number of rotatable bonds is 5. The lowest BCUT2D eigenvalue weighted by Crippen LogP contribution is -1.93. The standard InChI is InChI=1S/C20H12FN3O4/c21-14-3-1-2-4-16(14)27-20-22-11-15-19(24-20)28-18(23-15)13-8-5-12(6-9-13)7-10-17(25)26/h1-11H,(H,25,26)/b10-7+. The third-order valence-corrected chi connectivity index (χ3v) is 3.74. The van der Waals surface area contributed by atoms with Gasteiger partial charge in [-0.1, -0.05) is 24.3 Å². The molecule has 0 aliphatic heterocycles. The molecule has 2 aromatic heterocycles. The fourth-order valence-corrected chi connectivity index (χ4v) is 2.42. The Hall–Kier alpha value is -4.07. The van der Waals surface area contributed by atoms with Gasteiger partial charge in [0.15, 0.2) is 11.6 Å². The van der Waals surface area contributed by atoms with Crippen LogP contribution < -0.4 is 4.74 Å². The van der Waals surface area contributed by atoms with E-state index in [9.17, 15) is 9.18 Å². The molecule has 0 atom stereocenters. The Morgan fingerprint density at radius 1 is 1.11 bits per heavy atom. The summed E-state index contributed by atoms with van der Waals surface area (Å²) in [6.45, 7) is 0. The monoisotopic (exact) mass is 377 g/mol. The molecule has 1 N–H and O–H groups in total. The van der Waals surface area contributed by atoms with Gasteiger partial charge in [0, 0.05) is 11.6 Å². The number of halogens is 1. The zero-order valence-corrected chi connectivity index (χ0v) is 14.2. The van der Waals surface area contributed by atoms with E-state index in [0.29, 0.717) is 17.0 Å². The number of carboxylic acid groups (broad SMARTS) is 1. The molecule has 0 bridgehead atoms. The summed E-state index contributed by atoms with van der Waals surface area (Å²) >= 11 is 0. The second kappa shape index (κ2) is 7.28. The van der Waals surface area contributed by atoms with Gasteiger partial charge in [0.2, 0.25) is 5.89 Å². The number of oxazole rings is 1. The molecule has 0 aliphatic carbocycles. The van der Waals surface area contributed by atoms with Crippen LogP contribution in [0, 0.1) is 5.82 Å². The normalized spacial score (nSPS) is 11.2. The topological polar surface area (TPSA) is 98.3 Å². The molecular weight excluding hydrogens is 365 g/mol. The summed E-state index contributed by atoms with van der Waals surface area (Å²) in [5.41, 5.74) is 2.03. The van der Waals surface area contributed by atoms with Crippen molar-refractivity contribution in [1.29, 1.82) is 0 Å². The summed E-state index contributed by atoms with van der Waals surface area (Å²) < 4.78 is 24.7. The molecule has 0 amide bonds. The van der Waals surface area contributed by atoms with E-state index in [-0.39, 0.29) is 17.5 Å². The van der Waals surface area contributed by atoms with Crippen molar-refractivity contribution in [1.82, 2.24) is 15.0 Å². The molecule has 4 aromatic rings. The number of carbonyl (C=O) groups is 1. The van der Waals surface area contributed by atoms with Gasteiger partial charge in [-0.25, -0.2) is 19.2 Å². The predicted octanol–water partition coefficient (Wildman–Crippen LogP) is 4.31. The summed E-state index contributed by atoms with van der Waals surface area (Å²) in [5, 5.41) is 8.66. The molecule has 0 spiro atoms. The molecule has 28 heavy (non-hydrogen) atoms. The number of carboxylic acids is 1. The average Bonchev–Trinajstić information content (AvgIpc) is 3.12. The molecule has 4 rings (SSSR count). The summed E-state index contributed by atoms with van der Waals surface area (Å²) in [6.07, 6.45) is 3.96. The van der Waals surface area contributed by atoms with E-state index in [1.54, 1.807) is 36.4 Å². The average molecular weight is 377 g/mol. The van der Waals surface area contributed by atoms with E-state index in [4.69, 9.17) is 14.3 Å². The van der Waals surface area contributed by atoms with Gasteiger partial charge >= 0.3 is 12.0 Å². The minimum absolute atomic E-state index is 0.00610. The van der Waals surface area contributed by atoms with Gasteiger partial charge in [-0.2, -0.15) is 4.98 Å². The third kappa shape index (κ3) is 3.70. The highest BCUT2D eigenvalue weighted by Crippen LogP contribution is 2.26.